The molecule has 2 unspecified atom stereocenters. The Bertz CT molecular complexity index is 1020. The Morgan fingerprint density at radius 1 is 1.06 bits per heavy atom. The number of Topliss-reactive ketones (excluding diaryl/α,β-unsaturated/α-hetero) is 1. The van der Waals surface area contributed by atoms with Gasteiger partial charge in [-0.2, -0.15) is 0 Å². The fourth-order valence-electron chi connectivity index (χ4n) is 5.32. The molecule has 1 saturated heterocycles. The van der Waals surface area contributed by atoms with E-state index in [1.54, 1.807) is 14.0 Å². The van der Waals surface area contributed by atoms with E-state index < -0.39 is 0 Å². The summed E-state index contributed by atoms with van der Waals surface area (Å²) in [5.74, 6) is 1.72. The second-order valence-corrected chi connectivity index (χ2v) is 9.55. The van der Waals surface area contributed by atoms with Gasteiger partial charge in [0.05, 0.1) is 13.2 Å². The highest BCUT2D eigenvalue weighted by Crippen LogP contribution is 2.30. The molecule has 2 aromatic rings. The van der Waals surface area contributed by atoms with E-state index in [0.717, 1.165) is 31.4 Å². The maximum absolute atomic E-state index is 13.9. The van der Waals surface area contributed by atoms with Crippen LogP contribution < -0.4 is 14.8 Å². The van der Waals surface area contributed by atoms with E-state index in [1.165, 1.54) is 5.56 Å². The number of carbonyl (C=O) groups is 2. The Kier molecular flexibility index (Phi) is 8.29. The summed E-state index contributed by atoms with van der Waals surface area (Å²) in [6.07, 6.45) is 3.30. The smallest absolute Gasteiger partial charge is 0.219 e. The van der Waals surface area contributed by atoms with Crippen LogP contribution >= 0.6 is 0 Å². The molecule has 1 fully saturated rings. The number of nitrogens with zero attached hydrogens (tertiary/aromatic N) is 2. The molecule has 0 aromatic heterocycles. The van der Waals surface area contributed by atoms with Crippen LogP contribution in [0.2, 0.25) is 0 Å². The Morgan fingerprint density at radius 2 is 1.74 bits per heavy atom. The van der Waals surface area contributed by atoms with Crippen molar-refractivity contribution >= 4 is 17.4 Å². The Morgan fingerprint density at radius 3 is 2.46 bits per heavy atom. The topological polar surface area (TPSA) is 71.1 Å². The number of fused-ring (bicyclic) bond motifs is 1. The van der Waals surface area contributed by atoms with Crippen LogP contribution in [0.5, 0.6) is 11.5 Å². The number of hydrogen-bond donors (Lipinski definition) is 1. The van der Waals surface area contributed by atoms with Gasteiger partial charge in [-0.1, -0.05) is 30.3 Å². The van der Waals surface area contributed by atoms with Gasteiger partial charge in [0.1, 0.15) is 6.61 Å². The van der Waals surface area contributed by atoms with Gasteiger partial charge >= 0.3 is 0 Å². The number of anilines is 1. The summed E-state index contributed by atoms with van der Waals surface area (Å²) in [7, 11) is 3.65. The van der Waals surface area contributed by atoms with Gasteiger partial charge in [-0.05, 0) is 56.5 Å². The number of ether oxygens (including phenoxy) is 2. The van der Waals surface area contributed by atoms with Crippen molar-refractivity contribution in [3.8, 4) is 11.5 Å². The van der Waals surface area contributed by atoms with Crippen LogP contribution in [0.15, 0.2) is 48.5 Å². The van der Waals surface area contributed by atoms with Gasteiger partial charge in [0.2, 0.25) is 5.91 Å². The number of para-hydroxylation sites is 3. The zero-order valence-electron chi connectivity index (χ0n) is 21.0. The fraction of sp³-hybridized carbons (Fsp3) is 0.500. The standard InChI is InChI=1S/C28H37N3O4/c1-20(32)31-16-14-22(15-17-31)28(33)27(24-13-12-21-8-4-5-9-23(21)29-24)30(2)18-19-35-26-11-7-6-10-25(26)34-3/h4-11,22,24,27,29H,12-19H2,1-3H3. The van der Waals surface area contributed by atoms with Crippen LogP contribution in [0.25, 0.3) is 0 Å². The summed E-state index contributed by atoms with van der Waals surface area (Å²) in [6, 6.07) is 15.7. The highest BCUT2D eigenvalue weighted by atomic mass is 16.5. The molecule has 7 heteroatoms. The zero-order chi connectivity index (χ0) is 24.8. The molecule has 188 valence electrons. The van der Waals surface area contributed by atoms with E-state index >= 15 is 0 Å². The molecule has 4 rings (SSSR count). The molecule has 0 spiro atoms. The summed E-state index contributed by atoms with van der Waals surface area (Å²) in [6.45, 7) is 3.97. The van der Waals surface area contributed by atoms with Gasteiger partial charge < -0.3 is 19.7 Å². The number of rotatable bonds is 9. The van der Waals surface area contributed by atoms with Gasteiger partial charge in [0.25, 0.3) is 0 Å². The van der Waals surface area contributed by atoms with Crippen LogP contribution in [0.3, 0.4) is 0 Å². The van der Waals surface area contributed by atoms with E-state index in [1.807, 2.05) is 42.3 Å². The van der Waals surface area contributed by atoms with E-state index in [0.29, 0.717) is 37.7 Å². The van der Waals surface area contributed by atoms with Crippen LogP contribution in [0, 0.1) is 5.92 Å². The van der Waals surface area contributed by atoms with Crippen molar-refractivity contribution in [1.29, 1.82) is 0 Å². The number of aryl methyl sites for hydroxylation is 1. The fourth-order valence-corrected chi connectivity index (χ4v) is 5.32. The molecule has 0 saturated carbocycles. The Labute approximate surface area is 208 Å². The number of methoxy groups -OCH3 is 1. The number of amides is 1. The molecule has 0 bridgehead atoms. The lowest BCUT2D eigenvalue weighted by Gasteiger charge is -2.40. The lowest BCUT2D eigenvalue weighted by atomic mass is 9.83. The molecule has 2 aromatic carbocycles. The minimum atomic E-state index is -0.265. The van der Waals surface area contributed by atoms with Crippen molar-refractivity contribution in [2.75, 3.05) is 45.7 Å². The average molecular weight is 480 g/mol. The number of ketones is 1. The monoisotopic (exact) mass is 479 g/mol. The third kappa shape index (κ3) is 5.96. The summed E-state index contributed by atoms with van der Waals surface area (Å²) < 4.78 is 11.4. The Hall–Kier alpha value is -3.06. The summed E-state index contributed by atoms with van der Waals surface area (Å²) in [4.78, 5) is 29.7. The third-order valence-electron chi connectivity index (χ3n) is 7.34. The second kappa shape index (κ2) is 11.6. The maximum atomic E-state index is 13.9. The predicted molar refractivity (Wildman–Crippen MR) is 137 cm³/mol. The molecule has 2 aliphatic heterocycles. The summed E-state index contributed by atoms with van der Waals surface area (Å²) in [5, 5.41) is 3.66. The van der Waals surface area contributed by atoms with E-state index in [9.17, 15) is 9.59 Å². The zero-order valence-corrected chi connectivity index (χ0v) is 21.0. The number of likely N-dealkylation sites (N-methyl/N-ethyl adjacent to an activating group) is 1. The van der Waals surface area contributed by atoms with E-state index in [-0.39, 0.29) is 29.7 Å². The molecule has 1 N–H and O–H groups in total. The predicted octanol–water partition coefficient (Wildman–Crippen LogP) is 3.63. The number of piperidine rings is 1. The SMILES string of the molecule is COc1ccccc1OCCN(C)C(C(=O)C1CCN(C(C)=O)CC1)C1CCc2ccccc2N1. The van der Waals surface area contributed by atoms with Crippen LogP contribution in [-0.2, 0) is 16.0 Å². The van der Waals surface area contributed by atoms with E-state index in [2.05, 4.69) is 28.4 Å². The minimum absolute atomic E-state index is 0.0273. The van der Waals surface area contributed by atoms with Gasteiger partial charge in [-0.15, -0.1) is 0 Å². The second-order valence-electron chi connectivity index (χ2n) is 9.55. The Balaban J connectivity index is 1.46. The van der Waals surface area contributed by atoms with Crippen molar-refractivity contribution in [3.05, 3.63) is 54.1 Å². The van der Waals surface area contributed by atoms with Gasteiger partial charge in [-0.3, -0.25) is 14.5 Å². The van der Waals surface area contributed by atoms with Gasteiger partial charge in [-0.25, -0.2) is 0 Å². The molecule has 2 aliphatic rings. The molecule has 35 heavy (non-hydrogen) atoms. The summed E-state index contributed by atoms with van der Waals surface area (Å²) in [5.41, 5.74) is 2.42. The minimum Gasteiger partial charge on any atom is -0.493 e. The van der Waals surface area contributed by atoms with Crippen molar-refractivity contribution in [3.63, 3.8) is 0 Å². The largest absolute Gasteiger partial charge is 0.493 e. The summed E-state index contributed by atoms with van der Waals surface area (Å²) >= 11 is 0. The van der Waals surface area contributed by atoms with Crippen LogP contribution in [0.1, 0.15) is 31.7 Å². The molecule has 0 aliphatic carbocycles. The lowest BCUT2D eigenvalue weighted by molar-refractivity contribution is -0.135. The molecule has 2 atom stereocenters. The first-order valence-corrected chi connectivity index (χ1v) is 12.6. The number of hydrogen-bond acceptors (Lipinski definition) is 6. The van der Waals surface area contributed by atoms with Crippen molar-refractivity contribution in [1.82, 2.24) is 9.80 Å². The first kappa shape index (κ1) is 25.0. The number of carbonyl (C=O) groups excluding carboxylic acids is 2. The lowest BCUT2D eigenvalue weighted by Crippen LogP contribution is -2.55. The molecule has 2 heterocycles. The molecular weight excluding hydrogens is 442 g/mol. The first-order chi connectivity index (χ1) is 17.0. The average Bonchev–Trinajstić information content (AvgIpc) is 2.89. The molecular formula is C28H37N3O4. The van der Waals surface area contributed by atoms with Gasteiger partial charge in [0, 0.05) is 44.2 Å². The third-order valence-corrected chi connectivity index (χ3v) is 7.34. The molecule has 0 radical (unpaired) electrons. The van der Waals surface area contributed by atoms with Crippen LogP contribution in [-0.4, -0.2) is 74.0 Å². The first-order valence-electron chi connectivity index (χ1n) is 12.6. The maximum Gasteiger partial charge on any atom is 0.219 e. The van der Waals surface area contributed by atoms with Crippen LogP contribution in [0.4, 0.5) is 5.69 Å². The van der Waals surface area contributed by atoms with Gasteiger partial charge in [0.15, 0.2) is 17.3 Å². The van der Waals surface area contributed by atoms with Crippen molar-refractivity contribution in [2.45, 2.75) is 44.7 Å². The highest BCUT2D eigenvalue weighted by molar-refractivity contribution is 5.88. The number of benzene rings is 2. The van der Waals surface area contributed by atoms with Crippen molar-refractivity contribution < 1.29 is 19.1 Å². The highest BCUT2D eigenvalue weighted by Gasteiger charge is 2.38. The molecule has 7 nitrogen and oxygen atoms in total. The quantitative estimate of drug-likeness (QED) is 0.592. The normalized spacial score (nSPS) is 19.0. The van der Waals surface area contributed by atoms with E-state index in [4.69, 9.17) is 9.47 Å². The number of likely N-dealkylation sites (tertiary alicyclic amines) is 1. The van der Waals surface area contributed by atoms with Crippen molar-refractivity contribution in [2.24, 2.45) is 5.92 Å². The molecule has 1 amide bonds. The number of nitrogens with one attached hydrogen (secondary N) is 1.